The Balaban J connectivity index is 3.31. The second-order valence-electron chi connectivity index (χ2n) is 2.82. The fraction of sp³-hybridized carbons (Fsp3) is 0.200. The molecule has 4 nitrogen and oxygen atoms in total. The van der Waals surface area contributed by atoms with E-state index in [1.165, 1.54) is 6.07 Å². The van der Waals surface area contributed by atoms with E-state index >= 15 is 0 Å². The van der Waals surface area contributed by atoms with Crippen LogP contribution in [0.4, 0.5) is 8.78 Å². The molecule has 17 heavy (non-hydrogen) atoms. The summed E-state index contributed by atoms with van der Waals surface area (Å²) in [6.07, 6.45) is 0. The van der Waals surface area contributed by atoms with Gasteiger partial charge in [0.15, 0.2) is 0 Å². The summed E-state index contributed by atoms with van der Waals surface area (Å²) >= 11 is 1.68. The van der Waals surface area contributed by atoms with Crippen molar-refractivity contribution >= 4 is 28.6 Å². The number of nitriles is 1. The largest absolute Gasteiger partial charge is 0.465 e. The number of hydrogen-bond acceptors (Lipinski definition) is 4. The van der Waals surface area contributed by atoms with Crippen molar-refractivity contribution in [2.75, 3.05) is 7.11 Å². The van der Waals surface area contributed by atoms with Crippen molar-refractivity contribution in [2.24, 2.45) is 0 Å². The first-order chi connectivity index (χ1) is 7.99. The number of hydrogen-bond donors (Lipinski definition) is 0. The summed E-state index contributed by atoms with van der Waals surface area (Å²) in [5, 5.41) is 8.72. The Morgan fingerprint density at radius 3 is 2.65 bits per heavy atom. The van der Waals surface area contributed by atoms with Gasteiger partial charge in [-0.2, -0.15) is 14.0 Å². The topological polar surface area (TPSA) is 59.3 Å². The highest BCUT2D eigenvalue weighted by Gasteiger charge is 2.18. The number of nitrogens with zero attached hydrogens (tertiary/aromatic N) is 1. The first-order valence-electron chi connectivity index (χ1n) is 4.26. The Morgan fingerprint density at radius 1 is 1.53 bits per heavy atom. The molecule has 0 aliphatic rings. The number of rotatable bonds is 3. The lowest BCUT2D eigenvalue weighted by Crippen LogP contribution is -2.09. The van der Waals surface area contributed by atoms with Crippen molar-refractivity contribution < 1.29 is 23.0 Å². The van der Waals surface area contributed by atoms with E-state index in [2.05, 4.69) is 9.47 Å². The average Bonchev–Trinajstić information content (AvgIpc) is 2.30. The van der Waals surface area contributed by atoms with Crippen LogP contribution in [0.2, 0.25) is 0 Å². The van der Waals surface area contributed by atoms with Crippen LogP contribution in [-0.4, -0.2) is 19.7 Å². The zero-order valence-corrected chi connectivity index (χ0v) is 10.7. The molecule has 90 valence electrons. The molecule has 0 radical (unpaired) electrons. The number of ether oxygens (including phenoxy) is 2. The molecular formula is C10H6F2INO3. The monoisotopic (exact) mass is 353 g/mol. The lowest BCUT2D eigenvalue weighted by atomic mass is 10.1. The number of alkyl halides is 2. The number of esters is 1. The second kappa shape index (κ2) is 5.77. The van der Waals surface area contributed by atoms with Crippen LogP contribution >= 0.6 is 22.6 Å². The average molecular weight is 353 g/mol. The molecule has 1 aromatic carbocycles. The Kier molecular flexibility index (Phi) is 4.62. The number of halogens is 3. The number of benzene rings is 1. The van der Waals surface area contributed by atoms with Crippen molar-refractivity contribution in [3.8, 4) is 11.8 Å². The quantitative estimate of drug-likeness (QED) is 0.619. The van der Waals surface area contributed by atoms with Crippen molar-refractivity contribution in [3.05, 3.63) is 26.8 Å². The van der Waals surface area contributed by atoms with Gasteiger partial charge in [-0.1, -0.05) is 0 Å². The summed E-state index contributed by atoms with van der Waals surface area (Å²) in [5.41, 5.74) is 0.0595. The maximum Gasteiger partial charge on any atom is 0.387 e. The van der Waals surface area contributed by atoms with Gasteiger partial charge in [-0.15, -0.1) is 0 Å². The van der Waals surface area contributed by atoms with E-state index in [1.807, 2.05) is 0 Å². The van der Waals surface area contributed by atoms with E-state index in [0.717, 1.165) is 13.2 Å². The third-order valence-electron chi connectivity index (χ3n) is 1.79. The normalized spacial score (nSPS) is 9.88. The fourth-order valence-electron chi connectivity index (χ4n) is 1.10. The van der Waals surface area contributed by atoms with E-state index in [0.29, 0.717) is 0 Å². The summed E-state index contributed by atoms with van der Waals surface area (Å²) < 4.78 is 33.1. The molecule has 0 bridgehead atoms. The van der Waals surface area contributed by atoms with Crippen molar-refractivity contribution in [1.29, 1.82) is 5.26 Å². The molecule has 0 amide bonds. The van der Waals surface area contributed by atoms with Gasteiger partial charge in [-0.05, 0) is 34.7 Å². The molecule has 0 heterocycles. The Morgan fingerprint density at radius 2 is 2.18 bits per heavy atom. The van der Waals surface area contributed by atoms with Gasteiger partial charge < -0.3 is 9.47 Å². The highest BCUT2D eigenvalue weighted by atomic mass is 127. The summed E-state index contributed by atoms with van der Waals surface area (Å²) in [7, 11) is 1.16. The van der Waals surface area contributed by atoms with Crippen molar-refractivity contribution in [2.45, 2.75) is 6.61 Å². The molecule has 0 spiro atoms. The predicted molar refractivity (Wildman–Crippen MR) is 61.8 cm³/mol. The van der Waals surface area contributed by atoms with Crippen LogP contribution in [-0.2, 0) is 4.74 Å². The van der Waals surface area contributed by atoms with Crippen molar-refractivity contribution in [3.63, 3.8) is 0 Å². The van der Waals surface area contributed by atoms with Gasteiger partial charge >= 0.3 is 12.6 Å². The summed E-state index contributed by atoms with van der Waals surface area (Å²) in [4.78, 5) is 11.4. The number of carbonyl (C=O) groups excluding carboxylic acids is 1. The Labute approximate surface area is 109 Å². The van der Waals surface area contributed by atoms with Crippen LogP contribution in [0.3, 0.4) is 0 Å². The smallest absolute Gasteiger partial charge is 0.387 e. The molecule has 0 aliphatic carbocycles. The first kappa shape index (κ1) is 13.6. The van der Waals surface area contributed by atoms with E-state index in [-0.39, 0.29) is 20.4 Å². The lowest BCUT2D eigenvalue weighted by Gasteiger charge is -2.10. The molecule has 1 aromatic rings. The van der Waals surface area contributed by atoms with Gasteiger partial charge in [-0.25, -0.2) is 4.79 Å². The molecule has 0 N–H and O–H groups in total. The Hall–Kier alpha value is -1.43. The molecule has 1 rings (SSSR count). The molecule has 0 atom stereocenters. The summed E-state index contributed by atoms with van der Waals surface area (Å²) in [6.45, 7) is -3.03. The SMILES string of the molecule is COC(=O)c1cc(C#N)cc(OC(F)F)c1I. The van der Waals surface area contributed by atoms with Crippen LogP contribution in [0.5, 0.6) is 5.75 Å². The maximum absolute atomic E-state index is 12.1. The van der Waals surface area contributed by atoms with Crippen LogP contribution in [0.25, 0.3) is 0 Å². The van der Waals surface area contributed by atoms with E-state index in [9.17, 15) is 13.6 Å². The van der Waals surface area contributed by atoms with E-state index in [4.69, 9.17) is 5.26 Å². The van der Waals surface area contributed by atoms with Gasteiger partial charge in [0.05, 0.1) is 27.9 Å². The van der Waals surface area contributed by atoms with Gasteiger partial charge in [-0.3, -0.25) is 0 Å². The number of methoxy groups -OCH3 is 1. The summed E-state index contributed by atoms with van der Waals surface area (Å²) in [5.74, 6) is -0.939. The minimum atomic E-state index is -3.03. The van der Waals surface area contributed by atoms with Crippen LogP contribution in [0.15, 0.2) is 12.1 Å². The third-order valence-corrected chi connectivity index (χ3v) is 2.90. The molecular weight excluding hydrogens is 347 g/mol. The van der Waals surface area contributed by atoms with Crippen molar-refractivity contribution in [1.82, 2.24) is 0 Å². The van der Waals surface area contributed by atoms with Crippen LogP contribution in [0.1, 0.15) is 15.9 Å². The molecule has 0 aliphatic heterocycles. The molecule has 7 heteroatoms. The van der Waals surface area contributed by atoms with Gasteiger partial charge in [0.2, 0.25) is 0 Å². The molecule has 0 fully saturated rings. The molecule has 0 saturated carbocycles. The third kappa shape index (κ3) is 3.26. The molecule has 0 unspecified atom stereocenters. The molecule has 0 aromatic heterocycles. The number of carbonyl (C=O) groups is 1. The highest BCUT2D eigenvalue weighted by molar-refractivity contribution is 14.1. The second-order valence-corrected chi connectivity index (χ2v) is 3.90. The summed E-state index contributed by atoms with van der Waals surface area (Å²) in [6, 6.07) is 4.15. The zero-order valence-electron chi connectivity index (χ0n) is 8.54. The first-order valence-corrected chi connectivity index (χ1v) is 5.34. The zero-order chi connectivity index (χ0) is 13.0. The van der Waals surface area contributed by atoms with Gasteiger partial charge in [0.1, 0.15) is 5.75 Å². The van der Waals surface area contributed by atoms with Crippen LogP contribution < -0.4 is 4.74 Å². The minimum Gasteiger partial charge on any atom is -0.465 e. The van der Waals surface area contributed by atoms with Gasteiger partial charge in [0.25, 0.3) is 0 Å². The predicted octanol–water partition coefficient (Wildman–Crippen LogP) is 2.55. The Bertz CT molecular complexity index is 485. The fourth-order valence-corrected chi connectivity index (χ4v) is 1.76. The van der Waals surface area contributed by atoms with E-state index < -0.39 is 12.6 Å². The lowest BCUT2D eigenvalue weighted by molar-refractivity contribution is -0.0505. The maximum atomic E-state index is 12.1. The molecule has 0 saturated heterocycles. The van der Waals surface area contributed by atoms with Crippen LogP contribution in [0, 0.1) is 14.9 Å². The van der Waals surface area contributed by atoms with Gasteiger partial charge in [0, 0.05) is 0 Å². The highest BCUT2D eigenvalue weighted by Crippen LogP contribution is 2.28. The van der Waals surface area contributed by atoms with E-state index in [1.54, 1.807) is 28.7 Å². The standard InChI is InChI=1S/C10H6F2INO3/c1-16-9(15)6-2-5(4-14)3-7(8(6)13)17-10(11)12/h2-3,10H,1H3. The minimum absolute atomic E-state index is 0.0165.